The third-order valence-corrected chi connectivity index (χ3v) is 2.04. The highest BCUT2D eigenvalue weighted by Gasteiger charge is 2.07. The Kier molecular flexibility index (Phi) is 1.94. The van der Waals surface area contributed by atoms with Crippen LogP contribution in [0.4, 0.5) is 0 Å². The number of fused-ring (bicyclic) bond motifs is 1. The van der Waals surface area contributed by atoms with Gasteiger partial charge in [-0.2, -0.15) is 0 Å². The second-order valence-electron chi connectivity index (χ2n) is 2.79. The van der Waals surface area contributed by atoms with E-state index < -0.39 is 0 Å². The van der Waals surface area contributed by atoms with Crippen LogP contribution in [0.2, 0.25) is 5.02 Å². The molecular weight excluding hydrogens is 190 g/mol. The van der Waals surface area contributed by atoms with E-state index in [4.69, 9.17) is 16.7 Å². The molecule has 0 bridgehead atoms. The average Bonchev–Trinajstić information content (AvgIpc) is 2.47. The van der Waals surface area contributed by atoms with Crippen molar-refractivity contribution in [2.75, 3.05) is 0 Å². The van der Waals surface area contributed by atoms with Crippen molar-refractivity contribution in [3.05, 3.63) is 22.6 Å². The van der Waals surface area contributed by atoms with Crippen molar-refractivity contribution in [3.63, 3.8) is 0 Å². The molecule has 0 saturated heterocycles. The van der Waals surface area contributed by atoms with Crippen molar-refractivity contribution in [3.8, 4) is 0 Å². The quantitative estimate of drug-likeness (QED) is 0.727. The van der Waals surface area contributed by atoms with Crippen molar-refractivity contribution in [1.29, 1.82) is 0 Å². The summed E-state index contributed by atoms with van der Waals surface area (Å²) < 4.78 is 0. The van der Waals surface area contributed by atoms with E-state index in [1.807, 2.05) is 6.92 Å². The topological polar surface area (TPSA) is 61.8 Å². The standard InChI is InChI=1S/C8H8ClN3O/c1-4-2-5(9)7-8(10-4)12-6(3-13)11-7/h2,13H,3H2,1H3,(H,10,11,12). The summed E-state index contributed by atoms with van der Waals surface area (Å²) in [6, 6.07) is 1.75. The molecule has 13 heavy (non-hydrogen) atoms. The number of aromatic amines is 1. The first-order valence-corrected chi connectivity index (χ1v) is 4.21. The summed E-state index contributed by atoms with van der Waals surface area (Å²) in [7, 11) is 0. The van der Waals surface area contributed by atoms with Gasteiger partial charge in [-0.1, -0.05) is 11.6 Å². The van der Waals surface area contributed by atoms with Gasteiger partial charge in [-0.25, -0.2) is 9.97 Å². The van der Waals surface area contributed by atoms with Crippen LogP contribution >= 0.6 is 11.6 Å². The second-order valence-corrected chi connectivity index (χ2v) is 3.19. The zero-order valence-electron chi connectivity index (χ0n) is 7.00. The van der Waals surface area contributed by atoms with Gasteiger partial charge in [0.15, 0.2) is 5.65 Å². The summed E-state index contributed by atoms with van der Waals surface area (Å²) in [5.41, 5.74) is 2.04. The monoisotopic (exact) mass is 197 g/mol. The lowest BCUT2D eigenvalue weighted by Gasteiger charge is -1.93. The first-order chi connectivity index (χ1) is 6.20. The van der Waals surface area contributed by atoms with E-state index in [0.717, 1.165) is 5.69 Å². The average molecular weight is 198 g/mol. The van der Waals surface area contributed by atoms with Crippen molar-refractivity contribution >= 4 is 22.8 Å². The summed E-state index contributed by atoms with van der Waals surface area (Å²) in [4.78, 5) is 11.1. The summed E-state index contributed by atoms with van der Waals surface area (Å²) in [6.45, 7) is 1.71. The third kappa shape index (κ3) is 1.38. The van der Waals surface area contributed by atoms with Crippen LogP contribution in [0.5, 0.6) is 0 Å². The number of aryl methyl sites for hydroxylation is 1. The third-order valence-electron chi connectivity index (χ3n) is 1.74. The Bertz CT molecular complexity index is 452. The molecule has 0 unspecified atom stereocenters. The highest BCUT2D eigenvalue weighted by atomic mass is 35.5. The summed E-state index contributed by atoms with van der Waals surface area (Å²) in [5.74, 6) is 0.481. The molecule has 0 atom stereocenters. The molecule has 0 fully saturated rings. The van der Waals surface area contributed by atoms with Gasteiger partial charge in [0.05, 0.1) is 5.02 Å². The SMILES string of the molecule is Cc1cc(Cl)c2[nH]c(CO)nc2n1. The Morgan fingerprint density at radius 3 is 3.00 bits per heavy atom. The van der Waals surface area contributed by atoms with Gasteiger partial charge >= 0.3 is 0 Å². The van der Waals surface area contributed by atoms with Crippen molar-refractivity contribution in [2.24, 2.45) is 0 Å². The van der Waals surface area contributed by atoms with Gasteiger partial charge in [0.25, 0.3) is 0 Å². The highest BCUT2D eigenvalue weighted by molar-refractivity contribution is 6.34. The number of aromatic nitrogens is 3. The van der Waals surface area contributed by atoms with Crippen LogP contribution in [0.25, 0.3) is 11.2 Å². The Balaban J connectivity index is 2.75. The fraction of sp³-hybridized carbons (Fsp3) is 0.250. The van der Waals surface area contributed by atoms with Crippen molar-refractivity contribution < 1.29 is 5.11 Å². The van der Waals surface area contributed by atoms with Gasteiger partial charge in [0.1, 0.15) is 17.9 Å². The van der Waals surface area contributed by atoms with Crippen LogP contribution < -0.4 is 0 Å². The molecule has 68 valence electrons. The number of aliphatic hydroxyl groups is 1. The number of hydrogen-bond donors (Lipinski definition) is 2. The van der Waals surface area contributed by atoms with Crippen LogP contribution in [0.15, 0.2) is 6.07 Å². The van der Waals surface area contributed by atoms with Gasteiger partial charge in [0.2, 0.25) is 0 Å². The lowest BCUT2D eigenvalue weighted by atomic mass is 10.3. The molecule has 0 aliphatic carbocycles. The lowest BCUT2D eigenvalue weighted by Crippen LogP contribution is -1.84. The first kappa shape index (κ1) is 8.47. The van der Waals surface area contributed by atoms with Crippen LogP contribution in [0.1, 0.15) is 11.5 Å². The molecule has 0 aromatic carbocycles. The molecule has 0 radical (unpaired) electrons. The molecule has 2 N–H and O–H groups in total. The van der Waals surface area contributed by atoms with E-state index in [-0.39, 0.29) is 6.61 Å². The van der Waals surface area contributed by atoms with Gasteiger partial charge in [-0.15, -0.1) is 0 Å². The Morgan fingerprint density at radius 1 is 1.54 bits per heavy atom. The minimum Gasteiger partial charge on any atom is -0.388 e. The van der Waals surface area contributed by atoms with E-state index in [2.05, 4.69) is 15.0 Å². The number of H-pyrrole nitrogens is 1. The van der Waals surface area contributed by atoms with Crippen LogP contribution in [-0.4, -0.2) is 20.1 Å². The maximum absolute atomic E-state index is 8.83. The number of halogens is 1. The Hall–Kier alpha value is -1.13. The van der Waals surface area contributed by atoms with E-state index in [9.17, 15) is 0 Å². The molecule has 2 heterocycles. The maximum atomic E-state index is 8.83. The number of hydrogen-bond acceptors (Lipinski definition) is 3. The molecular formula is C8H8ClN3O. The predicted octanol–water partition coefficient (Wildman–Crippen LogP) is 1.41. The summed E-state index contributed by atoms with van der Waals surface area (Å²) >= 11 is 5.94. The normalized spacial score (nSPS) is 11.0. The molecule has 0 spiro atoms. The smallest absolute Gasteiger partial charge is 0.179 e. The molecule has 0 aliphatic rings. The largest absolute Gasteiger partial charge is 0.388 e. The van der Waals surface area contributed by atoms with E-state index in [1.165, 1.54) is 0 Å². The number of imidazole rings is 1. The van der Waals surface area contributed by atoms with E-state index in [0.29, 0.717) is 22.0 Å². The minimum absolute atomic E-state index is 0.133. The molecule has 5 heteroatoms. The van der Waals surface area contributed by atoms with Gasteiger partial charge in [-0.3, -0.25) is 0 Å². The number of aliphatic hydroxyl groups excluding tert-OH is 1. The second kappa shape index (κ2) is 2.97. The number of nitrogens with zero attached hydrogens (tertiary/aromatic N) is 2. The minimum atomic E-state index is -0.133. The zero-order chi connectivity index (χ0) is 9.42. The Labute approximate surface area is 79.6 Å². The number of rotatable bonds is 1. The fourth-order valence-electron chi connectivity index (χ4n) is 1.19. The molecule has 2 aromatic heterocycles. The number of nitrogens with one attached hydrogen (secondary N) is 1. The van der Waals surface area contributed by atoms with Crippen molar-refractivity contribution in [1.82, 2.24) is 15.0 Å². The van der Waals surface area contributed by atoms with Gasteiger partial charge in [0, 0.05) is 5.69 Å². The predicted molar refractivity (Wildman–Crippen MR) is 49.6 cm³/mol. The van der Waals surface area contributed by atoms with Crippen LogP contribution in [0.3, 0.4) is 0 Å². The molecule has 2 rings (SSSR count). The first-order valence-electron chi connectivity index (χ1n) is 3.83. The highest BCUT2D eigenvalue weighted by Crippen LogP contribution is 2.20. The molecule has 2 aromatic rings. The molecule has 0 amide bonds. The van der Waals surface area contributed by atoms with Gasteiger partial charge < -0.3 is 10.1 Å². The van der Waals surface area contributed by atoms with Crippen LogP contribution in [-0.2, 0) is 6.61 Å². The number of pyridine rings is 1. The summed E-state index contributed by atoms with van der Waals surface area (Å²) in [6.07, 6.45) is 0. The maximum Gasteiger partial charge on any atom is 0.179 e. The van der Waals surface area contributed by atoms with E-state index in [1.54, 1.807) is 6.07 Å². The molecule has 0 aliphatic heterocycles. The van der Waals surface area contributed by atoms with Crippen LogP contribution in [0, 0.1) is 6.92 Å². The van der Waals surface area contributed by atoms with Crippen molar-refractivity contribution in [2.45, 2.75) is 13.5 Å². The molecule has 0 saturated carbocycles. The molecule has 4 nitrogen and oxygen atoms in total. The van der Waals surface area contributed by atoms with E-state index >= 15 is 0 Å². The fourth-order valence-corrected chi connectivity index (χ4v) is 1.48. The zero-order valence-corrected chi connectivity index (χ0v) is 7.76. The Morgan fingerprint density at radius 2 is 2.31 bits per heavy atom. The lowest BCUT2D eigenvalue weighted by molar-refractivity contribution is 0.273. The summed E-state index contributed by atoms with van der Waals surface area (Å²) in [5, 5.41) is 9.41. The van der Waals surface area contributed by atoms with Gasteiger partial charge in [-0.05, 0) is 13.0 Å².